The van der Waals surface area contributed by atoms with Crippen LogP contribution in [-0.2, 0) is 41.6 Å². The lowest BCUT2D eigenvalue weighted by molar-refractivity contribution is -0.139. The van der Waals surface area contributed by atoms with E-state index in [-0.39, 0.29) is 11.9 Å². The summed E-state index contributed by atoms with van der Waals surface area (Å²) in [6.07, 6.45) is 2.35. The molecular formula is C44H60N4O8. The summed E-state index contributed by atoms with van der Waals surface area (Å²) < 4.78 is 21.5. The quantitative estimate of drug-likeness (QED) is 0.175. The number of alkyl carbamates (subject to hydrolysis) is 2. The van der Waals surface area contributed by atoms with Crippen molar-refractivity contribution in [1.29, 1.82) is 0 Å². The van der Waals surface area contributed by atoms with Crippen LogP contribution in [0.1, 0.15) is 92.2 Å². The number of carbonyl (C=O) groups is 4. The lowest BCUT2D eigenvalue weighted by Gasteiger charge is -2.25. The number of rotatable bonds is 12. The Bertz CT molecular complexity index is 1650. The Morgan fingerprint density at radius 1 is 0.571 bits per heavy atom. The summed E-state index contributed by atoms with van der Waals surface area (Å²) in [6.45, 7) is 19.1. The maximum Gasteiger partial charge on any atom is 0.408 e. The van der Waals surface area contributed by atoms with Crippen LogP contribution >= 0.6 is 0 Å². The number of hydrogen-bond acceptors (Lipinski definition) is 10. The molecule has 0 atom stereocenters. The van der Waals surface area contributed by atoms with E-state index in [2.05, 4.69) is 44.7 Å². The Hall–Kier alpha value is -4.68. The lowest BCUT2D eigenvalue weighted by Crippen LogP contribution is -2.43. The predicted molar refractivity (Wildman–Crippen MR) is 213 cm³/mol. The van der Waals surface area contributed by atoms with Gasteiger partial charge in [-0.25, -0.2) is 19.2 Å². The fourth-order valence-corrected chi connectivity index (χ4v) is 7.24. The molecule has 2 N–H and O–H groups in total. The molecule has 2 aliphatic carbocycles. The zero-order valence-electron chi connectivity index (χ0n) is 34.4. The first-order chi connectivity index (χ1) is 26.4. The molecule has 2 heterocycles. The fraction of sp³-hybridized carbons (Fsp3) is 0.545. The van der Waals surface area contributed by atoms with E-state index in [0.29, 0.717) is 50.5 Å². The first-order valence-corrected chi connectivity index (χ1v) is 19.8. The van der Waals surface area contributed by atoms with E-state index >= 15 is 0 Å². The van der Waals surface area contributed by atoms with Crippen molar-refractivity contribution in [2.24, 2.45) is 0 Å². The molecule has 0 bridgehead atoms. The SMILES string of the molecule is CCOC(=O)C1=C(C2(NC(=O)OC(C)(C)C)CC2)CN(Cc2ccccc2)C1.CCOC(=O)C1=C(C2(NC(=O)OC(C)(C)C)CC2)CN(Cc2ccccc2)C1. The van der Waals surface area contributed by atoms with Crippen LogP contribution < -0.4 is 10.6 Å². The Morgan fingerprint density at radius 2 is 0.911 bits per heavy atom. The Labute approximate surface area is 331 Å². The molecule has 4 aliphatic rings. The van der Waals surface area contributed by atoms with Gasteiger partial charge in [0.05, 0.1) is 35.4 Å². The Balaban J connectivity index is 0.000000214. The number of hydrogen-bond donors (Lipinski definition) is 2. The van der Waals surface area contributed by atoms with Crippen molar-refractivity contribution in [2.75, 3.05) is 39.4 Å². The summed E-state index contributed by atoms with van der Waals surface area (Å²) in [5.74, 6) is -0.573. The van der Waals surface area contributed by atoms with Gasteiger partial charge in [-0.2, -0.15) is 0 Å². The third-order valence-corrected chi connectivity index (χ3v) is 9.93. The molecule has 2 aromatic rings. The summed E-state index contributed by atoms with van der Waals surface area (Å²) >= 11 is 0. The van der Waals surface area contributed by atoms with Gasteiger partial charge >= 0.3 is 24.1 Å². The van der Waals surface area contributed by atoms with Gasteiger partial charge < -0.3 is 29.6 Å². The van der Waals surface area contributed by atoms with Crippen LogP contribution in [0, 0.1) is 0 Å². The molecule has 12 nitrogen and oxygen atoms in total. The van der Waals surface area contributed by atoms with Crippen molar-refractivity contribution >= 4 is 24.1 Å². The zero-order chi connectivity index (χ0) is 40.7. The van der Waals surface area contributed by atoms with Crippen molar-refractivity contribution in [1.82, 2.24) is 20.4 Å². The Morgan fingerprint density at radius 3 is 1.20 bits per heavy atom. The summed E-state index contributed by atoms with van der Waals surface area (Å²) in [5.41, 5.74) is 3.55. The van der Waals surface area contributed by atoms with Crippen LogP contribution in [0.5, 0.6) is 0 Å². The minimum Gasteiger partial charge on any atom is -0.463 e. The highest BCUT2D eigenvalue weighted by Gasteiger charge is 2.53. The molecule has 56 heavy (non-hydrogen) atoms. The lowest BCUT2D eigenvalue weighted by atomic mass is 10.0. The topological polar surface area (TPSA) is 136 Å². The zero-order valence-corrected chi connectivity index (χ0v) is 34.4. The van der Waals surface area contributed by atoms with Crippen molar-refractivity contribution < 1.29 is 38.1 Å². The van der Waals surface area contributed by atoms with Gasteiger partial charge in [-0.3, -0.25) is 9.80 Å². The largest absolute Gasteiger partial charge is 0.463 e. The van der Waals surface area contributed by atoms with E-state index in [1.54, 1.807) is 13.8 Å². The van der Waals surface area contributed by atoms with Gasteiger partial charge in [0.1, 0.15) is 11.2 Å². The van der Waals surface area contributed by atoms with E-state index < -0.39 is 34.5 Å². The molecule has 0 unspecified atom stereocenters. The highest BCUT2D eigenvalue weighted by Crippen LogP contribution is 2.47. The molecule has 0 saturated heterocycles. The number of benzene rings is 2. The highest BCUT2D eigenvalue weighted by molar-refractivity contribution is 5.92. The minimum atomic E-state index is -0.562. The standard InChI is InChI=1S/2C22H30N2O4/c2*1-5-27-19(25)17-14-24(13-16-9-7-6-8-10-16)15-18(17)22(11-12-22)23-20(26)28-21(2,3)4/h2*6-10H,5,11-15H2,1-4H3,(H,23,26). The third-order valence-electron chi connectivity index (χ3n) is 9.93. The normalized spacial score (nSPS) is 18.7. The van der Waals surface area contributed by atoms with Gasteiger partial charge in [0.2, 0.25) is 0 Å². The average Bonchev–Trinajstić information content (AvgIpc) is 3.97. The van der Waals surface area contributed by atoms with Gasteiger partial charge in [-0.15, -0.1) is 0 Å². The third kappa shape index (κ3) is 11.7. The number of nitrogens with zero attached hydrogens (tertiary/aromatic N) is 2. The van der Waals surface area contributed by atoms with Crippen LogP contribution in [0.2, 0.25) is 0 Å². The van der Waals surface area contributed by atoms with Crippen LogP contribution in [0.4, 0.5) is 9.59 Å². The maximum atomic E-state index is 12.6. The monoisotopic (exact) mass is 772 g/mol. The number of amides is 2. The second kappa shape index (κ2) is 17.6. The fourth-order valence-electron chi connectivity index (χ4n) is 7.24. The van der Waals surface area contributed by atoms with E-state index in [4.69, 9.17) is 18.9 Å². The molecule has 2 saturated carbocycles. The molecule has 2 amide bonds. The summed E-state index contributed by atoms with van der Waals surface area (Å²) in [4.78, 5) is 54.3. The highest BCUT2D eigenvalue weighted by atomic mass is 16.6. The second-order valence-corrected chi connectivity index (χ2v) is 17.0. The average molecular weight is 773 g/mol. The van der Waals surface area contributed by atoms with Gasteiger partial charge in [-0.1, -0.05) is 60.7 Å². The summed E-state index contributed by atoms with van der Waals surface area (Å²) in [5, 5.41) is 6.05. The number of ether oxygens (including phenoxy) is 4. The maximum absolute atomic E-state index is 12.6. The van der Waals surface area contributed by atoms with Crippen LogP contribution in [0.25, 0.3) is 0 Å². The molecule has 2 fully saturated rings. The number of nitrogens with one attached hydrogen (secondary N) is 2. The second-order valence-electron chi connectivity index (χ2n) is 17.0. The first-order valence-electron chi connectivity index (χ1n) is 19.8. The molecular weight excluding hydrogens is 713 g/mol. The summed E-state index contributed by atoms with van der Waals surface area (Å²) in [6, 6.07) is 20.3. The van der Waals surface area contributed by atoms with Crippen molar-refractivity contribution in [3.05, 3.63) is 94.1 Å². The Kier molecular flexibility index (Phi) is 13.4. The van der Waals surface area contributed by atoms with Crippen LogP contribution in [0.3, 0.4) is 0 Å². The van der Waals surface area contributed by atoms with Crippen LogP contribution in [-0.4, -0.2) is 95.6 Å². The van der Waals surface area contributed by atoms with Crippen molar-refractivity contribution in [2.45, 2.75) is 116 Å². The first kappa shape index (κ1) is 42.5. The molecule has 304 valence electrons. The van der Waals surface area contributed by atoms with E-state index in [1.807, 2.05) is 77.9 Å². The van der Waals surface area contributed by atoms with Crippen molar-refractivity contribution in [3.63, 3.8) is 0 Å². The van der Waals surface area contributed by atoms with E-state index in [0.717, 1.165) is 49.9 Å². The van der Waals surface area contributed by atoms with Gasteiger partial charge in [0, 0.05) is 39.3 Å². The van der Waals surface area contributed by atoms with Gasteiger partial charge in [-0.05, 0) is 103 Å². The molecule has 2 aromatic carbocycles. The summed E-state index contributed by atoms with van der Waals surface area (Å²) in [7, 11) is 0. The van der Waals surface area contributed by atoms with Gasteiger partial charge in [0.25, 0.3) is 0 Å². The van der Waals surface area contributed by atoms with E-state index in [9.17, 15) is 19.2 Å². The van der Waals surface area contributed by atoms with E-state index in [1.165, 1.54) is 11.1 Å². The predicted octanol–water partition coefficient (Wildman–Crippen LogP) is 6.84. The molecule has 0 aromatic heterocycles. The van der Waals surface area contributed by atoms with Crippen LogP contribution in [0.15, 0.2) is 83.0 Å². The molecule has 12 heteroatoms. The smallest absolute Gasteiger partial charge is 0.408 e. The van der Waals surface area contributed by atoms with Crippen molar-refractivity contribution in [3.8, 4) is 0 Å². The molecule has 6 rings (SSSR count). The molecule has 0 radical (unpaired) electrons. The number of carbonyl (C=O) groups excluding carboxylic acids is 4. The molecule has 0 spiro atoms. The number of esters is 2. The minimum absolute atomic E-state index is 0.287. The molecule has 2 aliphatic heterocycles. The van der Waals surface area contributed by atoms with Gasteiger partial charge in [0.15, 0.2) is 0 Å².